The van der Waals surface area contributed by atoms with Crippen LogP contribution in [0.3, 0.4) is 0 Å². The lowest BCUT2D eigenvalue weighted by atomic mass is 9.90. The normalized spacial score (nSPS) is 11.7. The maximum Gasteiger partial charge on any atom is 0.417 e. The van der Waals surface area contributed by atoms with Gasteiger partial charge in [0.2, 0.25) is 5.91 Å². The number of halogens is 4. The van der Waals surface area contributed by atoms with Crippen molar-refractivity contribution in [2.24, 2.45) is 0 Å². The molecule has 6 nitrogen and oxygen atoms in total. The molecular weight excluding hydrogens is 615 g/mol. The Balaban J connectivity index is 1.46. The zero-order chi connectivity index (χ0) is 32.9. The van der Waals surface area contributed by atoms with Crippen molar-refractivity contribution in [1.82, 2.24) is 15.0 Å². The van der Waals surface area contributed by atoms with Gasteiger partial charge in [0.15, 0.2) is 0 Å². The molecule has 4 rings (SSSR count). The predicted octanol–water partition coefficient (Wildman–Crippen LogP) is 8.64. The fraction of sp³-hybridized carbons (Fsp3) is 0.389. The molecule has 0 radical (unpaired) electrons. The highest BCUT2D eigenvalue weighted by molar-refractivity contribution is 6.32. The van der Waals surface area contributed by atoms with Crippen LogP contribution in [0.4, 0.5) is 13.2 Å². The van der Waals surface area contributed by atoms with Gasteiger partial charge in [-0.05, 0) is 47.2 Å². The number of benzene rings is 3. The number of carbonyl (C=O) groups is 1. The van der Waals surface area contributed by atoms with E-state index in [4.69, 9.17) is 20.9 Å². The maximum absolute atomic E-state index is 13.7. The molecule has 0 bridgehead atoms. The van der Waals surface area contributed by atoms with Crippen LogP contribution in [0.5, 0.6) is 5.88 Å². The summed E-state index contributed by atoms with van der Waals surface area (Å²) in [4.78, 5) is 16.6. The lowest BCUT2D eigenvalue weighted by Crippen LogP contribution is -2.33. The molecule has 46 heavy (non-hydrogen) atoms. The van der Waals surface area contributed by atoms with Crippen LogP contribution in [-0.2, 0) is 23.9 Å². The minimum atomic E-state index is -4.55. The second-order valence-corrected chi connectivity index (χ2v) is 11.7. The molecule has 0 saturated carbocycles. The third-order valence-corrected chi connectivity index (χ3v) is 8.14. The highest BCUT2D eigenvalue weighted by atomic mass is 35.5. The standard InChI is InChI=1S/C36H41ClF3N3O3/c1-3-19-43(20-4-2)34(44)24-30-23-33(41-46-30)45-22-12-21-42(25-29-17-11-18-32(35(29)37)36(38,39)40)26-31(27-13-7-5-8-14-27)28-15-9-6-10-16-28/h5-11,13-18,23,31H,3-4,12,19-22,24-26H2,1-2H3. The van der Waals surface area contributed by atoms with Gasteiger partial charge >= 0.3 is 6.18 Å². The van der Waals surface area contributed by atoms with E-state index in [0.717, 1.165) is 30.0 Å². The average molecular weight is 656 g/mol. The average Bonchev–Trinajstić information content (AvgIpc) is 3.49. The molecule has 0 aliphatic heterocycles. The van der Waals surface area contributed by atoms with E-state index in [-0.39, 0.29) is 29.8 Å². The topological polar surface area (TPSA) is 58.8 Å². The van der Waals surface area contributed by atoms with Crippen LogP contribution in [0.15, 0.2) is 89.5 Å². The maximum atomic E-state index is 13.7. The molecule has 0 fully saturated rings. The molecule has 3 aromatic carbocycles. The Hall–Kier alpha value is -3.82. The first kappa shape index (κ1) is 35.0. The van der Waals surface area contributed by atoms with E-state index in [1.54, 1.807) is 12.1 Å². The van der Waals surface area contributed by atoms with Crippen LogP contribution in [0, 0.1) is 0 Å². The van der Waals surface area contributed by atoms with E-state index < -0.39 is 11.7 Å². The number of ether oxygens (including phenoxy) is 1. The highest BCUT2D eigenvalue weighted by Gasteiger charge is 2.34. The summed E-state index contributed by atoms with van der Waals surface area (Å²) in [7, 11) is 0. The van der Waals surface area contributed by atoms with Crippen molar-refractivity contribution in [3.05, 3.63) is 118 Å². The van der Waals surface area contributed by atoms with Gasteiger partial charge < -0.3 is 14.2 Å². The molecule has 0 saturated heterocycles. The van der Waals surface area contributed by atoms with Crippen LogP contribution >= 0.6 is 11.6 Å². The van der Waals surface area contributed by atoms with E-state index in [1.807, 2.05) is 55.1 Å². The van der Waals surface area contributed by atoms with E-state index in [2.05, 4.69) is 34.3 Å². The molecule has 1 aromatic heterocycles. The van der Waals surface area contributed by atoms with Gasteiger partial charge in [0.1, 0.15) is 5.76 Å². The molecule has 0 unspecified atom stereocenters. The second-order valence-electron chi connectivity index (χ2n) is 11.3. The molecule has 0 aliphatic rings. The van der Waals surface area contributed by atoms with Gasteiger partial charge in [-0.2, -0.15) is 13.2 Å². The van der Waals surface area contributed by atoms with Crippen molar-refractivity contribution >= 4 is 17.5 Å². The summed E-state index contributed by atoms with van der Waals surface area (Å²) in [6.45, 7) is 7.05. The summed E-state index contributed by atoms with van der Waals surface area (Å²) < 4.78 is 52.2. The van der Waals surface area contributed by atoms with Gasteiger partial charge in [0, 0.05) is 44.7 Å². The number of carbonyl (C=O) groups excluding carboxylic acids is 1. The minimum absolute atomic E-state index is 0.0123. The van der Waals surface area contributed by atoms with Gasteiger partial charge in [0.05, 0.1) is 23.6 Å². The summed E-state index contributed by atoms with van der Waals surface area (Å²) >= 11 is 6.33. The van der Waals surface area contributed by atoms with Crippen molar-refractivity contribution < 1.29 is 27.2 Å². The zero-order valence-corrected chi connectivity index (χ0v) is 27.1. The fourth-order valence-electron chi connectivity index (χ4n) is 5.50. The van der Waals surface area contributed by atoms with Crippen molar-refractivity contribution in [1.29, 1.82) is 0 Å². The summed E-state index contributed by atoms with van der Waals surface area (Å²) in [5.41, 5.74) is 1.77. The Kier molecular flexibility index (Phi) is 13.1. The second kappa shape index (κ2) is 17.2. The van der Waals surface area contributed by atoms with E-state index >= 15 is 0 Å². The van der Waals surface area contributed by atoms with Crippen molar-refractivity contribution in [3.63, 3.8) is 0 Å². The Bertz CT molecular complexity index is 1450. The summed E-state index contributed by atoms with van der Waals surface area (Å²) in [5.74, 6) is 0.691. The Labute approximate surface area is 274 Å². The van der Waals surface area contributed by atoms with Crippen molar-refractivity contribution in [3.8, 4) is 5.88 Å². The van der Waals surface area contributed by atoms with Crippen molar-refractivity contribution in [2.75, 3.05) is 32.8 Å². The zero-order valence-electron chi connectivity index (χ0n) is 26.3. The van der Waals surface area contributed by atoms with E-state index in [0.29, 0.717) is 56.4 Å². The molecule has 0 spiro atoms. The molecule has 0 aliphatic carbocycles. The molecule has 4 aromatic rings. The summed E-state index contributed by atoms with van der Waals surface area (Å²) in [5, 5.41) is 3.69. The van der Waals surface area contributed by atoms with Crippen molar-refractivity contribution in [2.45, 2.75) is 58.2 Å². The molecule has 10 heteroatoms. The molecule has 0 N–H and O–H groups in total. The fourth-order valence-corrected chi connectivity index (χ4v) is 5.79. The molecule has 1 heterocycles. The smallest absolute Gasteiger partial charge is 0.417 e. The molecule has 246 valence electrons. The lowest BCUT2D eigenvalue weighted by Gasteiger charge is -2.29. The van der Waals surface area contributed by atoms with Crippen LogP contribution < -0.4 is 4.74 Å². The molecule has 1 amide bonds. The Morgan fingerprint density at radius 1 is 0.913 bits per heavy atom. The van der Waals surface area contributed by atoms with Crippen LogP contribution in [0.1, 0.15) is 67.0 Å². The predicted molar refractivity (Wildman–Crippen MR) is 174 cm³/mol. The number of hydrogen-bond acceptors (Lipinski definition) is 5. The largest absolute Gasteiger partial charge is 0.475 e. The first-order chi connectivity index (χ1) is 22.2. The SMILES string of the molecule is CCCN(CCC)C(=O)Cc1cc(OCCCN(Cc2cccc(C(F)(F)F)c2Cl)CC(c2ccccc2)c2ccccc2)no1. The quantitative estimate of drug-likeness (QED) is 0.107. The Morgan fingerprint density at radius 2 is 1.54 bits per heavy atom. The minimum Gasteiger partial charge on any atom is -0.475 e. The van der Waals surface area contributed by atoms with Gasteiger partial charge in [-0.25, -0.2) is 0 Å². The monoisotopic (exact) mass is 655 g/mol. The summed E-state index contributed by atoms with van der Waals surface area (Å²) in [6, 6.07) is 25.8. The number of rotatable bonds is 17. The highest BCUT2D eigenvalue weighted by Crippen LogP contribution is 2.37. The van der Waals surface area contributed by atoms with E-state index in [1.165, 1.54) is 6.07 Å². The van der Waals surface area contributed by atoms with Crippen LogP contribution in [0.2, 0.25) is 5.02 Å². The first-order valence-corrected chi connectivity index (χ1v) is 16.1. The first-order valence-electron chi connectivity index (χ1n) is 15.7. The van der Waals surface area contributed by atoms with E-state index in [9.17, 15) is 18.0 Å². The van der Waals surface area contributed by atoms with Gasteiger partial charge in [-0.3, -0.25) is 9.69 Å². The lowest BCUT2D eigenvalue weighted by molar-refractivity contribution is -0.137. The number of hydrogen-bond donors (Lipinski definition) is 0. The third kappa shape index (κ3) is 10.1. The molecular formula is C36H41ClF3N3O3. The Morgan fingerprint density at radius 3 is 2.13 bits per heavy atom. The number of aromatic nitrogens is 1. The summed E-state index contributed by atoms with van der Waals surface area (Å²) in [6.07, 6.45) is -2.11. The number of nitrogens with zero attached hydrogens (tertiary/aromatic N) is 3. The number of amides is 1. The van der Waals surface area contributed by atoms with Gasteiger partial charge in [-0.15, -0.1) is 0 Å². The van der Waals surface area contributed by atoms with Gasteiger partial charge in [0.25, 0.3) is 5.88 Å². The van der Waals surface area contributed by atoms with Gasteiger partial charge in [-0.1, -0.05) is 98.2 Å². The van der Waals surface area contributed by atoms with Crippen LogP contribution in [0.25, 0.3) is 0 Å². The third-order valence-electron chi connectivity index (χ3n) is 7.69. The van der Waals surface area contributed by atoms with Crippen LogP contribution in [-0.4, -0.2) is 53.6 Å². The number of alkyl halides is 3. The molecule has 0 atom stereocenters.